The number of nitrogens with zero attached hydrogens (tertiary/aromatic N) is 1. The lowest BCUT2D eigenvalue weighted by Gasteiger charge is -2.38. The van der Waals surface area contributed by atoms with E-state index in [-0.39, 0.29) is 5.82 Å². The summed E-state index contributed by atoms with van der Waals surface area (Å²) in [5.41, 5.74) is 1.02. The van der Waals surface area contributed by atoms with Crippen molar-refractivity contribution in [3.05, 3.63) is 48.3 Å². The molecule has 0 radical (unpaired) electrons. The largest absolute Gasteiger partial charge is 0.371 e. The molecule has 1 fully saturated rings. The fraction of sp³-hybridized carbons (Fsp3) is 0.385. The number of hydrogen-bond donors (Lipinski definition) is 0. The van der Waals surface area contributed by atoms with Crippen LogP contribution in [0, 0.1) is 5.82 Å². The number of ether oxygens (including phenoxy) is 1. The molecule has 1 saturated heterocycles. The van der Waals surface area contributed by atoms with Gasteiger partial charge >= 0.3 is 0 Å². The predicted molar refractivity (Wildman–Crippen MR) is 61.6 cm³/mol. The summed E-state index contributed by atoms with van der Waals surface area (Å²) < 4.78 is 18.3. The molecule has 3 heteroatoms. The van der Waals surface area contributed by atoms with E-state index in [2.05, 4.69) is 11.5 Å². The van der Waals surface area contributed by atoms with Crippen LogP contribution in [0.2, 0.25) is 0 Å². The standard InChI is InChI=1S/C13H16FNO/c1-2-7-15-8-13(9-15)16-10-11-3-5-12(14)6-4-11/h2-6,13H,1,7-10H2. The van der Waals surface area contributed by atoms with Gasteiger partial charge in [0.15, 0.2) is 0 Å². The quantitative estimate of drug-likeness (QED) is 0.707. The Morgan fingerprint density at radius 2 is 2.06 bits per heavy atom. The fourth-order valence-corrected chi connectivity index (χ4v) is 1.75. The van der Waals surface area contributed by atoms with Crippen molar-refractivity contribution in [2.75, 3.05) is 19.6 Å². The summed E-state index contributed by atoms with van der Waals surface area (Å²) in [6.45, 7) is 7.11. The molecule has 1 aromatic carbocycles. The summed E-state index contributed by atoms with van der Waals surface area (Å²) >= 11 is 0. The smallest absolute Gasteiger partial charge is 0.123 e. The molecule has 0 bridgehead atoms. The number of rotatable bonds is 5. The monoisotopic (exact) mass is 221 g/mol. The second kappa shape index (κ2) is 5.23. The molecule has 0 saturated carbocycles. The van der Waals surface area contributed by atoms with Gasteiger partial charge in [-0.3, -0.25) is 4.90 Å². The molecule has 0 aliphatic carbocycles. The molecule has 1 aliphatic rings. The van der Waals surface area contributed by atoms with Gasteiger partial charge in [-0.15, -0.1) is 6.58 Å². The lowest BCUT2D eigenvalue weighted by Crippen LogP contribution is -2.51. The Morgan fingerprint density at radius 3 is 2.69 bits per heavy atom. The predicted octanol–water partition coefficient (Wildman–Crippen LogP) is 2.21. The van der Waals surface area contributed by atoms with Gasteiger partial charge in [-0.2, -0.15) is 0 Å². The highest BCUT2D eigenvalue weighted by Crippen LogP contribution is 2.13. The van der Waals surface area contributed by atoms with Crippen LogP contribution < -0.4 is 0 Å². The van der Waals surface area contributed by atoms with Gasteiger partial charge in [0.05, 0.1) is 12.7 Å². The van der Waals surface area contributed by atoms with Gasteiger partial charge in [0.2, 0.25) is 0 Å². The minimum Gasteiger partial charge on any atom is -0.371 e. The van der Waals surface area contributed by atoms with Crippen LogP contribution in [-0.4, -0.2) is 30.6 Å². The van der Waals surface area contributed by atoms with Crippen LogP contribution in [-0.2, 0) is 11.3 Å². The molecule has 0 aromatic heterocycles. The minimum absolute atomic E-state index is 0.204. The van der Waals surface area contributed by atoms with Gasteiger partial charge in [0.25, 0.3) is 0 Å². The molecule has 1 aliphatic heterocycles. The van der Waals surface area contributed by atoms with E-state index in [4.69, 9.17) is 4.74 Å². The molecule has 2 rings (SSSR count). The van der Waals surface area contributed by atoms with Crippen LogP contribution in [0.15, 0.2) is 36.9 Å². The average Bonchev–Trinajstić information content (AvgIpc) is 2.24. The lowest BCUT2D eigenvalue weighted by molar-refractivity contribution is -0.0578. The topological polar surface area (TPSA) is 12.5 Å². The lowest BCUT2D eigenvalue weighted by atomic mass is 10.1. The summed E-state index contributed by atoms with van der Waals surface area (Å²) in [4.78, 5) is 2.27. The molecule has 0 spiro atoms. The van der Waals surface area contributed by atoms with E-state index in [1.54, 1.807) is 12.1 Å². The zero-order valence-electron chi connectivity index (χ0n) is 9.23. The minimum atomic E-state index is -0.204. The third kappa shape index (κ3) is 2.90. The van der Waals surface area contributed by atoms with Gasteiger partial charge in [-0.25, -0.2) is 4.39 Å². The first kappa shape index (κ1) is 11.3. The van der Waals surface area contributed by atoms with Crippen molar-refractivity contribution in [2.24, 2.45) is 0 Å². The van der Waals surface area contributed by atoms with Crippen molar-refractivity contribution in [3.8, 4) is 0 Å². The summed E-state index contributed by atoms with van der Waals surface area (Å²) in [5, 5.41) is 0. The molecule has 2 nitrogen and oxygen atoms in total. The van der Waals surface area contributed by atoms with Crippen molar-refractivity contribution in [1.29, 1.82) is 0 Å². The Morgan fingerprint density at radius 1 is 1.38 bits per heavy atom. The zero-order valence-corrected chi connectivity index (χ0v) is 9.23. The number of likely N-dealkylation sites (tertiary alicyclic amines) is 1. The maximum Gasteiger partial charge on any atom is 0.123 e. The fourth-order valence-electron chi connectivity index (χ4n) is 1.75. The second-order valence-electron chi connectivity index (χ2n) is 4.07. The Bertz CT molecular complexity index is 343. The van der Waals surface area contributed by atoms with Crippen molar-refractivity contribution >= 4 is 0 Å². The van der Waals surface area contributed by atoms with Crippen LogP contribution >= 0.6 is 0 Å². The Kier molecular flexibility index (Phi) is 3.70. The van der Waals surface area contributed by atoms with Crippen molar-refractivity contribution < 1.29 is 9.13 Å². The SMILES string of the molecule is C=CCN1CC(OCc2ccc(F)cc2)C1. The molecular weight excluding hydrogens is 205 g/mol. The van der Waals surface area contributed by atoms with Gasteiger partial charge in [-0.1, -0.05) is 18.2 Å². The zero-order chi connectivity index (χ0) is 11.4. The molecule has 16 heavy (non-hydrogen) atoms. The van der Waals surface area contributed by atoms with Crippen molar-refractivity contribution in [2.45, 2.75) is 12.7 Å². The molecule has 0 atom stereocenters. The summed E-state index contributed by atoms with van der Waals surface area (Å²) in [6.07, 6.45) is 2.21. The van der Waals surface area contributed by atoms with Crippen molar-refractivity contribution in [1.82, 2.24) is 4.90 Å². The van der Waals surface area contributed by atoms with E-state index in [0.717, 1.165) is 25.2 Å². The molecule has 0 N–H and O–H groups in total. The molecule has 86 valence electrons. The van der Waals surface area contributed by atoms with E-state index < -0.39 is 0 Å². The normalized spacial score (nSPS) is 17.1. The maximum absolute atomic E-state index is 12.6. The van der Waals surface area contributed by atoms with Gasteiger partial charge in [-0.05, 0) is 17.7 Å². The summed E-state index contributed by atoms with van der Waals surface area (Å²) in [7, 11) is 0. The van der Waals surface area contributed by atoms with E-state index in [0.29, 0.717) is 12.7 Å². The first-order valence-corrected chi connectivity index (χ1v) is 5.47. The van der Waals surface area contributed by atoms with Gasteiger partial charge in [0, 0.05) is 19.6 Å². The second-order valence-corrected chi connectivity index (χ2v) is 4.07. The highest BCUT2D eigenvalue weighted by Gasteiger charge is 2.25. The molecule has 1 heterocycles. The Hall–Kier alpha value is -1.19. The highest BCUT2D eigenvalue weighted by molar-refractivity contribution is 5.15. The van der Waals surface area contributed by atoms with E-state index in [1.807, 2.05) is 6.08 Å². The Balaban J connectivity index is 1.69. The van der Waals surface area contributed by atoms with E-state index in [1.165, 1.54) is 12.1 Å². The maximum atomic E-state index is 12.6. The number of benzene rings is 1. The van der Waals surface area contributed by atoms with Crippen LogP contribution in [0.3, 0.4) is 0 Å². The van der Waals surface area contributed by atoms with Crippen LogP contribution in [0.5, 0.6) is 0 Å². The molecular formula is C13H16FNO. The Labute approximate surface area is 95.3 Å². The molecule has 0 unspecified atom stereocenters. The van der Waals surface area contributed by atoms with Crippen molar-refractivity contribution in [3.63, 3.8) is 0 Å². The van der Waals surface area contributed by atoms with Gasteiger partial charge < -0.3 is 4.74 Å². The first-order chi connectivity index (χ1) is 7.78. The molecule has 1 aromatic rings. The van der Waals surface area contributed by atoms with E-state index >= 15 is 0 Å². The molecule has 0 amide bonds. The van der Waals surface area contributed by atoms with Crippen LogP contribution in [0.4, 0.5) is 4.39 Å². The number of hydrogen-bond acceptors (Lipinski definition) is 2. The van der Waals surface area contributed by atoms with E-state index in [9.17, 15) is 4.39 Å². The first-order valence-electron chi connectivity index (χ1n) is 5.47. The average molecular weight is 221 g/mol. The third-order valence-electron chi connectivity index (χ3n) is 2.71. The third-order valence-corrected chi connectivity index (χ3v) is 2.71. The summed E-state index contributed by atoms with van der Waals surface area (Å²) in [5.74, 6) is -0.204. The highest BCUT2D eigenvalue weighted by atomic mass is 19.1. The number of halogens is 1. The van der Waals surface area contributed by atoms with Crippen LogP contribution in [0.1, 0.15) is 5.56 Å². The van der Waals surface area contributed by atoms with Crippen LogP contribution in [0.25, 0.3) is 0 Å². The van der Waals surface area contributed by atoms with Gasteiger partial charge in [0.1, 0.15) is 5.82 Å². The summed E-state index contributed by atoms with van der Waals surface area (Å²) in [6, 6.07) is 6.44.